The van der Waals surface area contributed by atoms with Crippen LogP contribution in [0.3, 0.4) is 0 Å². The highest BCUT2D eigenvalue weighted by molar-refractivity contribution is 6.30. The molecule has 0 aliphatic rings. The average molecular weight is 303 g/mol. The topological polar surface area (TPSA) is 25.8 Å². The minimum Gasteiger partial charge on any atom is -0.232 e. The third kappa shape index (κ3) is 3.82. The van der Waals surface area contributed by atoms with Crippen LogP contribution in [0.1, 0.15) is 50.6 Å². The number of aromatic nitrogens is 2. The van der Waals surface area contributed by atoms with Gasteiger partial charge in [-0.2, -0.15) is 0 Å². The molecule has 2 rings (SSSR count). The van der Waals surface area contributed by atoms with Gasteiger partial charge in [0, 0.05) is 17.0 Å². The Balaban J connectivity index is 2.50. The first-order valence-electron chi connectivity index (χ1n) is 7.51. The van der Waals surface area contributed by atoms with E-state index in [1.807, 2.05) is 6.92 Å². The minimum atomic E-state index is 0.265. The van der Waals surface area contributed by atoms with E-state index >= 15 is 0 Å². The maximum absolute atomic E-state index is 6.29. The largest absolute Gasteiger partial charge is 0.232 e. The monoisotopic (exact) mass is 302 g/mol. The van der Waals surface area contributed by atoms with Gasteiger partial charge in [0.05, 0.1) is 5.69 Å². The molecule has 21 heavy (non-hydrogen) atoms. The van der Waals surface area contributed by atoms with Crippen molar-refractivity contribution in [3.63, 3.8) is 0 Å². The molecule has 0 aliphatic heterocycles. The van der Waals surface area contributed by atoms with Crippen molar-refractivity contribution in [1.29, 1.82) is 0 Å². The molecule has 2 nitrogen and oxygen atoms in total. The lowest BCUT2D eigenvalue weighted by atomic mass is 9.99. The van der Waals surface area contributed by atoms with Crippen LogP contribution in [0.4, 0.5) is 0 Å². The van der Waals surface area contributed by atoms with E-state index in [4.69, 9.17) is 16.6 Å². The van der Waals surface area contributed by atoms with E-state index in [9.17, 15) is 0 Å². The molecule has 0 bridgehead atoms. The number of halogens is 1. The smallest absolute Gasteiger partial charge is 0.136 e. The van der Waals surface area contributed by atoms with Crippen LogP contribution in [0.15, 0.2) is 24.3 Å². The van der Waals surface area contributed by atoms with Gasteiger partial charge in [-0.15, -0.1) is 0 Å². The number of benzene rings is 1. The van der Waals surface area contributed by atoms with E-state index in [1.165, 1.54) is 5.56 Å². The Morgan fingerprint density at radius 3 is 2.43 bits per heavy atom. The third-order valence-electron chi connectivity index (χ3n) is 3.46. The summed E-state index contributed by atoms with van der Waals surface area (Å²) in [5.74, 6) is 1.71. The van der Waals surface area contributed by atoms with Gasteiger partial charge in [0.1, 0.15) is 11.0 Å². The summed E-state index contributed by atoms with van der Waals surface area (Å²) in [6.07, 6.45) is 1.07. The lowest BCUT2D eigenvalue weighted by molar-refractivity contribution is 0.647. The van der Waals surface area contributed by atoms with Crippen LogP contribution in [-0.2, 0) is 6.42 Å². The third-order valence-corrected chi connectivity index (χ3v) is 3.83. The Morgan fingerprint density at radius 2 is 1.81 bits per heavy atom. The summed E-state index contributed by atoms with van der Waals surface area (Å²) in [6, 6.07) is 8.58. The molecule has 0 aliphatic carbocycles. The second-order valence-electron chi connectivity index (χ2n) is 6.30. The second kappa shape index (κ2) is 6.57. The molecule has 0 radical (unpaired) electrons. The molecule has 0 saturated carbocycles. The van der Waals surface area contributed by atoms with Gasteiger partial charge >= 0.3 is 0 Å². The van der Waals surface area contributed by atoms with Crippen LogP contribution >= 0.6 is 11.6 Å². The first-order chi connectivity index (χ1) is 9.88. The van der Waals surface area contributed by atoms with Gasteiger partial charge < -0.3 is 0 Å². The molecule has 0 unspecified atom stereocenters. The van der Waals surface area contributed by atoms with Crippen LogP contribution in [0.2, 0.25) is 5.15 Å². The molecule has 0 N–H and O–H groups in total. The highest BCUT2D eigenvalue weighted by Gasteiger charge is 2.13. The molecule has 3 heteroatoms. The van der Waals surface area contributed by atoms with Gasteiger partial charge in [-0.05, 0) is 30.9 Å². The van der Waals surface area contributed by atoms with Crippen LogP contribution in [0.25, 0.3) is 11.3 Å². The van der Waals surface area contributed by atoms with E-state index < -0.39 is 0 Å². The zero-order valence-corrected chi connectivity index (χ0v) is 14.2. The molecule has 1 aromatic heterocycles. The normalized spacial score (nSPS) is 11.4. The number of nitrogens with zero attached hydrogens (tertiary/aromatic N) is 2. The van der Waals surface area contributed by atoms with Gasteiger partial charge in [0.15, 0.2) is 0 Å². The standard InChI is InChI=1S/C18H23ClN2/c1-11(2)9-14-7-6-8-15(10-14)16-13(5)17(19)21-18(20-16)12(3)4/h6-8,10-12H,9H2,1-5H3. The van der Waals surface area contributed by atoms with Gasteiger partial charge in [0.25, 0.3) is 0 Å². The highest BCUT2D eigenvalue weighted by atomic mass is 35.5. The van der Waals surface area contributed by atoms with Crippen molar-refractivity contribution < 1.29 is 0 Å². The van der Waals surface area contributed by atoms with E-state index in [0.29, 0.717) is 11.1 Å². The van der Waals surface area contributed by atoms with Crippen molar-refractivity contribution >= 4 is 11.6 Å². The predicted molar refractivity (Wildman–Crippen MR) is 89.8 cm³/mol. The first-order valence-corrected chi connectivity index (χ1v) is 7.89. The molecule has 0 fully saturated rings. The fourth-order valence-corrected chi connectivity index (χ4v) is 2.54. The average Bonchev–Trinajstić information content (AvgIpc) is 2.41. The quantitative estimate of drug-likeness (QED) is 0.704. The van der Waals surface area contributed by atoms with E-state index in [-0.39, 0.29) is 5.92 Å². The fraction of sp³-hybridized carbons (Fsp3) is 0.444. The van der Waals surface area contributed by atoms with Crippen LogP contribution in [-0.4, -0.2) is 9.97 Å². The molecular weight excluding hydrogens is 280 g/mol. The number of hydrogen-bond donors (Lipinski definition) is 0. The Kier molecular flexibility index (Phi) is 5.00. The van der Waals surface area contributed by atoms with Crippen LogP contribution in [0.5, 0.6) is 0 Å². The van der Waals surface area contributed by atoms with Crippen molar-refractivity contribution in [2.45, 2.75) is 47.0 Å². The minimum absolute atomic E-state index is 0.265. The lowest BCUT2D eigenvalue weighted by Crippen LogP contribution is -2.03. The van der Waals surface area contributed by atoms with Gasteiger partial charge in [-0.3, -0.25) is 0 Å². The number of hydrogen-bond acceptors (Lipinski definition) is 2. The fourth-order valence-electron chi connectivity index (χ4n) is 2.36. The summed E-state index contributed by atoms with van der Waals surface area (Å²) in [6.45, 7) is 10.6. The summed E-state index contributed by atoms with van der Waals surface area (Å²) in [7, 11) is 0. The maximum Gasteiger partial charge on any atom is 0.136 e. The van der Waals surface area contributed by atoms with E-state index in [2.05, 4.69) is 56.9 Å². The zero-order valence-electron chi connectivity index (χ0n) is 13.4. The SMILES string of the molecule is Cc1c(Cl)nc(C(C)C)nc1-c1cccc(CC(C)C)c1. The molecule has 0 amide bonds. The molecule has 1 heterocycles. The van der Waals surface area contributed by atoms with Crippen LogP contribution in [0, 0.1) is 12.8 Å². The Hall–Kier alpha value is -1.41. The molecule has 0 saturated heterocycles. The Bertz CT molecular complexity index is 633. The van der Waals surface area contributed by atoms with Crippen molar-refractivity contribution in [2.24, 2.45) is 5.92 Å². The zero-order chi connectivity index (χ0) is 15.6. The molecule has 1 aromatic carbocycles. The molecule has 0 atom stereocenters. The summed E-state index contributed by atoms with van der Waals surface area (Å²) in [4.78, 5) is 9.11. The van der Waals surface area contributed by atoms with Crippen molar-refractivity contribution in [1.82, 2.24) is 9.97 Å². The highest BCUT2D eigenvalue weighted by Crippen LogP contribution is 2.28. The van der Waals surface area contributed by atoms with E-state index in [1.54, 1.807) is 0 Å². The summed E-state index contributed by atoms with van der Waals surface area (Å²) < 4.78 is 0. The number of rotatable bonds is 4. The lowest BCUT2D eigenvalue weighted by Gasteiger charge is -2.13. The summed E-state index contributed by atoms with van der Waals surface area (Å²) >= 11 is 6.29. The van der Waals surface area contributed by atoms with Gasteiger partial charge in [0.2, 0.25) is 0 Å². The molecular formula is C18H23ClN2. The maximum atomic E-state index is 6.29. The predicted octanol–water partition coefficient (Wildman–Crippen LogP) is 5.43. The molecule has 0 spiro atoms. The van der Waals surface area contributed by atoms with Crippen molar-refractivity contribution in [3.05, 3.63) is 46.4 Å². The van der Waals surface area contributed by atoms with Gasteiger partial charge in [-0.1, -0.05) is 57.5 Å². The molecule has 112 valence electrons. The summed E-state index contributed by atoms with van der Waals surface area (Å²) in [5.41, 5.74) is 4.35. The second-order valence-corrected chi connectivity index (χ2v) is 6.66. The van der Waals surface area contributed by atoms with Crippen LogP contribution < -0.4 is 0 Å². The van der Waals surface area contributed by atoms with Gasteiger partial charge in [-0.25, -0.2) is 9.97 Å². The Labute approximate surface area is 132 Å². The molecule has 2 aromatic rings. The van der Waals surface area contributed by atoms with E-state index in [0.717, 1.165) is 29.1 Å². The first kappa shape index (κ1) is 16.0. The summed E-state index contributed by atoms with van der Waals surface area (Å²) in [5, 5.41) is 0.554. The van der Waals surface area contributed by atoms with Crippen molar-refractivity contribution in [2.75, 3.05) is 0 Å². The Morgan fingerprint density at radius 1 is 1.10 bits per heavy atom. The van der Waals surface area contributed by atoms with Crippen molar-refractivity contribution in [3.8, 4) is 11.3 Å².